The minimum absolute atomic E-state index is 0.101. The lowest BCUT2D eigenvalue weighted by atomic mass is 9.90. The standard InChI is InChI=1S/C20H25N3O3/c1-20(2)12-16(15-6-4-5-7-17(15)26-20)23-18-9-8-14(13-22-18)19(24)21-10-11-25-3/h4-9,13,16H,10-12H2,1-3H3,(H,21,24)(H,22,23). The van der Waals surface area contributed by atoms with Gasteiger partial charge >= 0.3 is 0 Å². The van der Waals surface area contributed by atoms with Crippen LogP contribution in [0.4, 0.5) is 5.82 Å². The number of benzene rings is 1. The molecule has 6 nitrogen and oxygen atoms in total. The Bertz CT molecular complexity index is 759. The first-order valence-electron chi connectivity index (χ1n) is 8.76. The maximum absolute atomic E-state index is 12.0. The summed E-state index contributed by atoms with van der Waals surface area (Å²) in [6, 6.07) is 11.8. The molecule has 0 bridgehead atoms. The molecule has 2 N–H and O–H groups in total. The molecule has 1 aliphatic heterocycles. The van der Waals surface area contributed by atoms with E-state index in [0.717, 1.165) is 23.6 Å². The number of carbonyl (C=O) groups is 1. The van der Waals surface area contributed by atoms with Gasteiger partial charge in [-0.15, -0.1) is 0 Å². The molecule has 1 aliphatic rings. The number of carbonyl (C=O) groups excluding carboxylic acids is 1. The Hall–Kier alpha value is -2.60. The number of para-hydroxylation sites is 1. The van der Waals surface area contributed by atoms with E-state index in [4.69, 9.17) is 9.47 Å². The van der Waals surface area contributed by atoms with Gasteiger partial charge in [0.25, 0.3) is 5.91 Å². The average molecular weight is 355 g/mol. The van der Waals surface area contributed by atoms with Crippen molar-refractivity contribution in [2.45, 2.75) is 31.9 Å². The maximum atomic E-state index is 12.0. The normalized spacial score (nSPS) is 17.7. The summed E-state index contributed by atoms with van der Waals surface area (Å²) >= 11 is 0. The number of rotatable bonds is 6. The number of nitrogens with zero attached hydrogens (tertiary/aromatic N) is 1. The Morgan fingerprint density at radius 1 is 1.31 bits per heavy atom. The van der Waals surface area contributed by atoms with E-state index in [2.05, 4.69) is 35.5 Å². The lowest BCUT2D eigenvalue weighted by Crippen LogP contribution is -2.37. The molecule has 26 heavy (non-hydrogen) atoms. The number of hydrogen-bond donors (Lipinski definition) is 2. The van der Waals surface area contributed by atoms with Crippen LogP contribution in [0.3, 0.4) is 0 Å². The summed E-state index contributed by atoms with van der Waals surface area (Å²) in [6.45, 7) is 5.12. The van der Waals surface area contributed by atoms with Crippen LogP contribution in [0.15, 0.2) is 42.6 Å². The largest absolute Gasteiger partial charge is 0.487 e. The van der Waals surface area contributed by atoms with Crippen molar-refractivity contribution in [3.05, 3.63) is 53.7 Å². The monoisotopic (exact) mass is 355 g/mol. The number of ether oxygens (including phenoxy) is 2. The first kappa shape index (κ1) is 18.2. The van der Waals surface area contributed by atoms with Crippen molar-refractivity contribution in [1.29, 1.82) is 0 Å². The van der Waals surface area contributed by atoms with Gasteiger partial charge in [-0.1, -0.05) is 18.2 Å². The van der Waals surface area contributed by atoms with Crippen molar-refractivity contribution in [1.82, 2.24) is 10.3 Å². The number of hydrogen-bond acceptors (Lipinski definition) is 5. The number of pyridine rings is 1. The van der Waals surface area contributed by atoms with Crippen LogP contribution in [-0.4, -0.2) is 36.8 Å². The Labute approximate surface area is 153 Å². The zero-order valence-corrected chi connectivity index (χ0v) is 15.4. The van der Waals surface area contributed by atoms with E-state index in [1.165, 1.54) is 0 Å². The molecule has 1 amide bonds. The molecule has 0 spiro atoms. The van der Waals surface area contributed by atoms with E-state index >= 15 is 0 Å². The van der Waals surface area contributed by atoms with Crippen LogP contribution in [0.5, 0.6) is 5.75 Å². The van der Waals surface area contributed by atoms with E-state index in [0.29, 0.717) is 18.7 Å². The van der Waals surface area contributed by atoms with Crippen molar-refractivity contribution in [3.63, 3.8) is 0 Å². The summed E-state index contributed by atoms with van der Waals surface area (Å²) in [7, 11) is 1.60. The summed E-state index contributed by atoms with van der Waals surface area (Å²) in [5.41, 5.74) is 1.39. The number of aromatic nitrogens is 1. The third-order valence-electron chi connectivity index (χ3n) is 4.32. The fourth-order valence-corrected chi connectivity index (χ4v) is 3.09. The minimum Gasteiger partial charge on any atom is -0.487 e. The van der Waals surface area contributed by atoms with Gasteiger partial charge in [-0.05, 0) is 32.0 Å². The van der Waals surface area contributed by atoms with Gasteiger partial charge in [0, 0.05) is 31.8 Å². The highest BCUT2D eigenvalue weighted by atomic mass is 16.5. The fraction of sp³-hybridized carbons (Fsp3) is 0.400. The molecule has 1 aromatic carbocycles. The van der Waals surface area contributed by atoms with E-state index in [1.807, 2.05) is 24.3 Å². The number of fused-ring (bicyclic) bond motifs is 1. The van der Waals surface area contributed by atoms with Gasteiger partial charge in [0.2, 0.25) is 0 Å². The molecule has 0 radical (unpaired) electrons. The quantitative estimate of drug-likeness (QED) is 0.779. The van der Waals surface area contributed by atoms with Crippen LogP contribution in [-0.2, 0) is 4.74 Å². The number of anilines is 1. The molecule has 2 aromatic rings. The van der Waals surface area contributed by atoms with Crippen LogP contribution in [0.2, 0.25) is 0 Å². The lowest BCUT2D eigenvalue weighted by molar-refractivity contribution is 0.0758. The van der Waals surface area contributed by atoms with Crippen LogP contribution in [0.1, 0.15) is 42.2 Å². The van der Waals surface area contributed by atoms with Gasteiger partial charge in [0.1, 0.15) is 17.2 Å². The number of methoxy groups -OCH3 is 1. The fourth-order valence-electron chi connectivity index (χ4n) is 3.09. The smallest absolute Gasteiger partial charge is 0.252 e. The molecule has 0 fully saturated rings. The van der Waals surface area contributed by atoms with Crippen molar-refractivity contribution in [3.8, 4) is 5.75 Å². The molecule has 2 heterocycles. The summed E-state index contributed by atoms with van der Waals surface area (Å²) in [4.78, 5) is 16.4. The highest BCUT2D eigenvalue weighted by molar-refractivity contribution is 5.94. The molecule has 0 saturated heterocycles. The summed E-state index contributed by atoms with van der Waals surface area (Å²) in [5, 5.41) is 6.25. The molecule has 1 aromatic heterocycles. The molecule has 1 atom stereocenters. The Balaban J connectivity index is 1.70. The lowest BCUT2D eigenvalue weighted by Gasteiger charge is -2.38. The Morgan fingerprint density at radius 3 is 2.85 bits per heavy atom. The maximum Gasteiger partial charge on any atom is 0.252 e. The second-order valence-corrected chi connectivity index (χ2v) is 6.98. The molecular weight excluding hydrogens is 330 g/mol. The van der Waals surface area contributed by atoms with Gasteiger partial charge in [-0.3, -0.25) is 4.79 Å². The SMILES string of the molecule is COCCNC(=O)c1ccc(NC2CC(C)(C)Oc3ccccc32)nc1. The topological polar surface area (TPSA) is 72.5 Å². The van der Waals surface area contributed by atoms with E-state index in [-0.39, 0.29) is 17.6 Å². The van der Waals surface area contributed by atoms with Gasteiger partial charge in [-0.2, -0.15) is 0 Å². The zero-order valence-electron chi connectivity index (χ0n) is 15.4. The zero-order chi connectivity index (χ0) is 18.6. The molecular formula is C20H25N3O3. The average Bonchev–Trinajstić information content (AvgIpc) is 2.61. The van der Waals surface area contributed by atoms with Crippen molar-refractivity contribution in [2.75, 3.05) is 25.6 Å². The van der Waals surface area contributed by atoms with Crippen LogP contribution in [0, 0.1) is 0 Å². The summed E-state index contributed by atoms with van der Waals surface area (Å²) in [5.74, 6) is 1.48. The van der Waals surface area contributed by atoms with E-state index < -0.39 is 0 Å². The van der Waals surface area contributed by atoms with E-state index in [9.17, 15) is 4.79 Å². The Kier molecular flexibility index (Phi) is 5.42. The van der Waals surface area contributed by atoms with E-state index in [1.54, 1.807) is 19.4 Å². The van der Waals surface area contributed by atoms with Crippen molar-refractivity contribution >= 4 is 11.7 Å². The third kappa shape index (κ3) is 4.32. The number of amides is 1. The predicted molar refractivity (Wildman–Crippen MR) is 101 cm³/mol. The first-order valence-corrected chi connectivity index (χ1v) is 8.76. The molecule has 6 heteroatoms. The summed E-state index contributed by atoms with van der Waals surface area (Å²) < 4.78 is 11.0. The van der Waals surface area contributed by atoms with Gasteiger partial charge in [0.05, 0.1) is 18.2 Å². The molecule has 0 saturated carbocycles. The molecule has 0 aliphatic carbocycles. The molecule has 3 rings (SSSR count). The van der Waals surface area contributed by atoms with Gasteiger partial charge in [-0.25, -0.2) is 4.98 Å². The van der Waals surface area contributed by atoms with Crippen LogP contribution < -0.4 is 15.4 Å². The van der Waals surface area contributed by atoms with Crippen molar-refractivity contribution < 1.29 is 14.3 Å². The molecule has 138 valence electrons. The van der Waals surface area contributed by atoms with Crippen molar-refractivity contribution in [2.24, 2.45) is 0 Å². The highest BCUT2D eigenvalue weighted by Crippen LogP contribution is 2.40. The van der Waals surface area contributed by atoms with Crippen LogP contribution in [0.25, 0.3) is 0 Å². The summed E-state index contributed by atoms with van der Waals surface area (Å²) in [6.07, 6.45) is 2.41. The predicted octanol–water partition coefficient (Wildman–Crippen LogP) is 3.17. The third-order valence-corrected chi connectivity index (χ3v) is 4.32. The second kappa shape index (κ2) is 7.74. The Morgan fingerprint density at radius 2 is 2.12 bits per heavy atom. The number of nitrogens with one attached hydrogen (secondary N) is 2. The van der Waals surface area contributed by atoms with Crippen LogP contribution >= 0.6 is 0 Å². The second-order valence-electron chi connectivity index (χ2n) is 6.98. The first-order chi connectivity index (χ1) is 12.5. The van der Waals surface area contributed by atoms with Gasteiger partial charge in [0.15, 0.2) is 0 Å². The minimum atomic E-state index is -0.257. The highest BCUT2D eigenvalue weighted by Gasteiger charge is 2.33. The van der Waals surface area contributed by atoms with Gasteiger partial charge < -0.3 is 20.1 Å². The molecule has 1 unspecified atom stereocenters.